The normalized spacial score (nSPS) is 12.5. The van der Waals surface area contributed by atoms with Gasteiger partial charge in [-0.3, -0.25) is 9.59 Å². The summed E-state index contributed by atoms with van der Waals surface area (Å²) < 4.78 is 20.5. The zero-order chi connectivity index (χ0) is 38.0. The number of rotatable bonds is 17. The lowest BCUT2D eigenvalue weighted by Gasteiger charge is -2.26. The Bertz CT molecular complexity index is 1540. The third kappa shape index (κ3) is 14.0. The molecular weight excluding hydrogens is 636 g/mol. The second-order valence-corrected chi connectivity index (χ2v) is 9.86. The molecular formula is C41H50O9. The van der Waals surface area contributed by atoms with E-state index < -0.39 is 23.3 Å². The van der Waals surface area contributed by atoms with Crippen LogP contribution in [0.15, 0.2) is 127 Å². The van der Waals surface area contributed by atoms with Gasteiger partial charge in [-0.1, -0.05) is 99.8 Å². The highest BCUT2D eigenvalue weighted by atomic mass is 16.5. The van der Waals surface area contributed by atoms with Gasteiger partial charge in [-0.25, -0.2) is 9.59 Å². The fraction of sp³-hybridized carbons (Fsp3) is 0.293. The van der Waals surface area contributed by atoms with E-state index in [1.165, 1.54) is 43.4 Å². The first-order valence-electron chi connectivity index (χ1n) is 16.3. The Morgan fingerprint density at radius 1 is 0.860 bits per heavy atom. The maximum Gasteiger partial charge on any atom is 0.344 e. The van der Waals surface area contributed by atoms with E-state index >= 15 is 0 Å². The summed E-state index contributed by atoms with van der Waals surface area (Å²) in [6.45, 7) is 18.7. The standard InChI is InChI=1S/C36H36O8.C3H8O.C2H6/c1-6-10-16-27(7-2)32(38)30-19-14-15-20-31(30)34(40)44-29(8-3)22-21-26(5)33(39)43-24-23-36(25-37,35(41)42-9-4)28-17-12-11-13-18-28;1-3-4-2;1-2/h6-8,10-22,25H,1,3,9,23-24H2,2,4-5H3;3H2,1-2H3;1-2H3/b16-10-,26-21+,27-7+,29-22+;;. The van der Waals surface area contributed by atoms with Gasteiger partial charge in [0.1, 0.15) is 12.0 Å². The van der Waals surface area contributed by atoms with Gasteiger partial charge in [-0.05, 0) is 57.6 Å². The molecule has 50 heavy (non-hydrogen) atoms. The highest BCUT2D eigenvalue weighted by molar-refractivity contribution is 6.15. The summed E-state index contributed by atoms with van der Waals surface area (Å²) in [6.07, 6.45) is 10.8. The Balaban J connectivity index is 0.00000372. The minimum atomic E-state index is -1.63. The smallest absolute Gasteiger partial charge is 0.344 e. The van der Waals surface area contributed by atoms with Crippen LogP contribution in [0.3, 0.4) is 0 Å². The number of aldehydes is 1. The average molecular weight is 687 g/mol. The molecule has 0 radical (unpaired) electrons. The molecule has 0 N–H and O–H groups in total. The molecule has 0 saturated carbocycles. The van der Waals surface area contributed by atoms with Crippen LogP contribution >= 0.6 is 0 Å². The van der Waals surface area contributed by atoms with E-state index in [1.54, 1.807) is 81.6 Å². The summed E-state index contributed by atoms with van der Waals surface area (Å²) in [5.41, 5.74) is -0.478. The van der Waals surface area contributed by atoms with Gasteiger partial charge in [0.2, 0.25) is 0 Å². The Hall–Kier alpha value is -5.41. The van der Waals surface area contributed by atoms with Crippen molar-refractivity contribution in [1.29, 1.82) is 0 Å². The molecule has 9 heteroatoms. The van der Waals surface area contributed by atoms with Crippen LogP contribution in [0.4, 0.5) is 0 Å². The zero-order valence-electron chi connectivity index (χ0n) is 30.2. The first-order valence-corrected chi connectivity index (χ1v) is 16.3. The summed E-state index contributed by atoms with van der Waals surface area (Å²) in [4.78, 5) is 63.7. The number of esters is 3. The highest BCUT2D eigenvalue weighted by Crippen LogP contribution is 2.28. The molecule has 1 atom stereocenters. The largest absolute Gasteiger partial charge is 0.465 e. The average Bonchev–Trinajstić information content (AvgIpc) is 3.16. The fourth-order valence-electron chi connectivity index (χ4n) is 4.02. The molecule has 2 rings (SSSR count). The maximum atomic E-state index is 13.1. The van der Waals surface area contributed by atoms with E-state index in [4.69, 9.17) is 14.2 Å². The molecule has 1 unspecified atom stereocenters. The van der Waals surface area contributed by atoms with Gasteiger partial charge in [0, 0.05) is 36.8 Å². The zero-order valence-corrected chi connectivity index (χ0v) is 30.2. The van der Waals surface area contributed by atoms with Gasteiger partial charge >= 0.3 is 17.9 Å². The molecule has 0 bridgehead atoms. The Labute approximate surface area is 296 Å². The molecule has 0 amide bonds. The molecule has 9 nitrogen and oxygen atoms in total. The molecule has 0 spiro atoms. The van der Waals surface area contributed by atoms with Crippen LogP contribution in [0.1, 0.15) is 74.2 Å². The number of Topliss-reactive ketones (excluding diaryl/α,β-unsaturated/α-hetero) is 1. The van der Waals surface area contributed by atoms with Gasteiger partial charge in [-0.15, -0.1) is 0 Å². The lowest BCUT2D eigenvalue weighted by Crippen LogP contribution is -2.40. The quantitative estimate of drug-likeness (QED) is 0.0238. The second kappa shape index (κ2) is 25.6. The van der Waals surface area contributed by atoms with E-state index in [0.717, 1.165) is 6.61 Å². The SMILES string of the molecule is C=C/C=C\C(=C/C)C(=O)c1ccccc1C(=O)O/C(C=C)=C/C=C(\C)C(=O)OCCC(C=O)(C(=O)OCC)c1ccccc1.CC.CCOC. The first-order chi connectivity index (χ1) is 24.1. The number of hydrogen-bond acceptors (Lipinski definition) is 9. The summed E-state index contributed by atoms with van der Waals surface area (Å²) in [5.74, 6) is -2.58. The van der Waals surface area contributed by atoms with Crippen molar-refractivity contribution < 1.29 is 42.9 Å². The second-order valence-electron chi connectivity index (χ2n) is 9.86. The molecule has 0 aliphatic carbocycles. The van der Waals surface area contributed by atoms with Gasteiger partial charge in [0.25, 0.3) is 0 Å². The van der Waals surface area contributed by atoms with Crippen LogP contribution in [0.2, 0.25) is 0 Å². The number of ketones is 1. The number of hydrogen-bond donors (Lipinski definition) is 0. The molecule has 2 aromatic carbocycles. The van der Waals surface area contributed by atoms with Crippen molar-refractivity contribution in [2.24, 2.45) is 0 Å². The van der Waals surface area contributed by atoms with Crippen LogP contribution in [0.25, 0.3) is 0 Å². The number of benzene rings is 2. The Kier molecular flexibility index (Phi) is 22.8. The minimum Gasteiger partial charge on any atom is -0.465 e. The maximum absolute atomic E-state index is 13.1. The van der Waals surface area contributed by atoms with E-state index in [1.807, 2.05) is 20.8 Å². The van der Waals surface area contributed by atoms with Crippen LogP contribution in [0, 0.1) is 0 Å². The summed E-state index contributed by atoms with van der Waals surface area (Å²) in [6, 6.07) is 14.7. The van der Waals surface area contributed by atoms with Crippen molar-refractivity contribution in [3.05, 3.63) is 144 Å². The van der Waals surface area contributed by atoms with Crippen molar-refractivity contribution in [1.82, 2.24) is 0 Å². The van der Waals surface area contributed by atoms with Crippen LogP contribution in [0.5, 0.6) is 0 Å². The van der Waals surface area contributed by atoms with E-state index in [2.05, 4.69) is 17.9 Å². The number of carbonyl (C=O) groups excluding carboxylic acids is 5. The lowest BCUT2D eigenvalue weighted by atomic mass is 9.79. The third-order valence-corrected chi connectivity index (χ3v) is 6.76. The Morgan fingerprint density at radius 2 is 1.46 bits per heavy atom. The highest BCUT2D eigenvalue weighted by Gasteiger charge is 2.42. The molecule has 268 valence electrons. The number of ether oxygens (including phenoxy) is 4. The van der Waals surface area contributed by atoms with Crippen LogP contribution < -0.4 is 0 Å². The molecule has 0 aliphatic heterocycles. The molecule has 0 saturated heterocycles. The van der Waals surface area contributed by atoms with Gasteiger partial charge in [0.15, 0.2) is 11.2 Å². The number of carbonyl (C=O) groups is 5. The van der Waals surface area contributed by atoms with Gasteiger partial charge in [0.05, 0.1) is 18.8 Å². The van der Waals surface area contributed by atoms with Crippen molar-refractivity contribution in [2.75, 3.05) is 26.9 Å². The number of allylic oxidation sites excluding steroid dienone is 8. The lowest BCUT2D eigenvalue weighted by molar-refractivity contribution is -0.154. The fourth-order valence-corrected chi connectivity index (χ4v) is 4.02. The van der Waals surface area contributed by atoms with Crippen molar-refractivity contribution >= 4 is 30.0 Å². The van der Waals surface area contributed by atoms with Crippen molar-refractivity contribution in [2.45, 2.75) is 53.4 Å². The summed E-state index contributed by atoms with van der Waals surface area (Å²) in [7, 11) is 1.68. The molecule has 0 aliphatic rings. The summed E-state index contributed by atoms with van der Waals surface area (Å²) in [5, 5.41) is 0. The van der Waals surface area contributed by atoms with E-state index in [0.29, 0.717) is 17.4 Å². The van der Waals surface area contributed by atoms with E-state index in [9.17, 15) is 24.0 Å². The molecule has 0 fully saturated rings. The number of methoxy groups -OCH3 is 1. The van der Waals surface area contributed by atoms with E-state index in [-0.39, 0.29) is 47.9 Å². The van der Waals surface area contributed by atoms with Crippen LogP contribution in [-0.4, -0.2) is 56.9 Å². The molecule has 0 aromatic heterocycles. The predicted molar refractivity (Wildman–Crippen MR) is 197 cm³/mol. The Morgan fingerprint density at radius 3 is 1.98 bits per heavy atom. The minimum absolute atomic E-state index is 0.0218. The van der Waals surface area contributed by atoms with Crippen molar-refractivity contribution in [3.63, 3.8) is 0 Å². The summed E-state index contributed by atoms with van der Waals surface area (Å²) >= 11 is 0. The first kappa shape index (κ1) is 44.6. The topological polar surface area (TPSA) is 122 Å². The van der Waals surface area contributed by atoms with Crippen molar-refractivity contribution in [3.8, 4) is 0 Å². The van der Waals surface area contributed by atoms with Gasteiger partial charge in [-0.2, -0.15) is 0 Å². The monoisotopic (exact) mass is 686 g/mol. The molecule has 2 aromatic rings. The van der Waals surface area contributed by atoms with Gasteiger partial charge < -0.3 is 23.7 Å². The molecule has 0 heterocycles. The predicted octanol–water partition coefficient (Wildman–Crippen LogP) is 8.04. The van der Waals surface area contributed by atoms with Crippen LogP contribution in [-0.2, 0) is 38.7 Å². The third-order valence-electron chi connectivity index (χ3n) is 6.76.